The first-order valence-corrected chi connectivity index (χ1v) is 9.77. The number of fused-ring (bicyclic) bond motifs is 1. The topological polar surface area (TPSA) is 63.2 Å². The largest absolute Gasteiger partial charge is 0.380 e. The van der Waals surface area contributed by atoms with E-state index in [0.29, 0.717) is 28.9 Å². The van der Waals surface area contributed by atoms with Crippen LogP contribution >= 0.6 is 0 Å². The molecule has 1 saturated carbocycles. The summed E-state index contributed by atoms with van der Waals surface area (Å²) in [5.41, 5.74) is 0.516. The van der Waals surface area contributed by atoms with Crippen LogP contribution in [0.3, 0.4) is 0 Å². The molecule has 2 atom stereocenters. The highest BCUT2D eigenvalue weighted by molar-refractivity contribution is 6.03. The van der Waals surface area contributed by atoms with E-state index in [9.17, 15) is 13.6 Å². The van der Waals surface area contributed by atoms with Crippen molar-refractivity contribution < 1.29 is 18.3 Å². The summed E-state index contributed by atoms with van der Waals surface area (Å²) in [4.78, 5) is 16.9. The van der Waals surface area contributed by atoms with E-state index in [0.717, 1.165) is 12.8 Å². The van der Waals surface area contributed by atoms with Crippen LogP contribution in [0.4, 0.5) is 20.2 Å². The Hall–Kier alpha value is -2.28. The number of carbonyl (C=O) groups excluding carboxylic acids is 1. The van der Waals surface area contributed by atoms with Crippen molar-refractivity contribution in [3.8, 4) is 0 Å². The first kappa shape index (κ1) is 19.1. The summed E-state index contributed by atoms with van der Waals surface area (Å²) in [6.07, 6.45) is 3.78. The van der Waals surface area contributed by atoms with Gasteiger partial charge in [-0.05, 0) is 57.7 Å². The summed E-state index contributed by atoms with van der Waals surface area (Å²) in [5.74, 6) is -0.946. The lowest BCUT2D eigenvalue weighted by Crippen LogP contribution is -2.43. The molecule has 1 saturated heterocycles. The van der Waals surface area contributed by atoms with Crippen molar-refractivity contribution in [2.45, 2.75) is 57.3 Å². The van der Waals surface area contributed by atoms with Gasteiger partial charge in [0.15, 0.2) is 0 Å². The molecule has 2 aromatic rings. The number of amides is 1. The van der Waals surface area contributed by atoms with Crippen LogP contribution in [0.25, 0.3) is 10.9 Å². The van der Waals surface area contributed by atoms with Crippen molar-refractivity contribution >= 4 is 28.2 Å². The van der Waals surface area contributed by atoms with Gasteiger partial charge in [0.05, 0.1) is 29.2 Å². The van der Waals surface area contributed by atoms with Crippen molar-refractivity contribution in [1.82, 2.24) is 4.98 Å². The van der Waals surface area contributed by atoms with E-state index >= 15 is 0 Å². The molecule has 1 aliphatic heterocycles. The van der Waals surface area contributed by atoms with Crippen LogP contribution < -0.4 is 10.6 Å². The van der Waals surface area contributed by atoms with Gasteiger partial charge in [0.2, 0.25) is 5.91 Å². The lowest BCUT2D eigenvalue weighted by molar-refractivity contribution is -0.127. The average Bonchev–Trinajstić information content (AvgIpc) is 2.61. The molecule has 2 N–H and O–H groups in total. The highest BCUT2D eigenvalue weighted by atomic mass is 19.1. The van der Waals surface area contributed by atoms with E-state index in [1.54, 1.807) is 12.3 Å². The number of benzene rings is 1. The first-order chi connectivity index (χ1) is 13.3. The molecule has 2 fully saturated rings. The molecule has 1 aliphatic carbocycles. The van der Waals surface area contributed by atoms with Crippen LogP contribution in [-0.4, -0.2) is 35.3 Å². The summed E-state index contributed by atoms with van der Waals surface area (Å²) < 4.78 is 33.3. The van der Waals surface area contributed by atoms with Gasteiger partial charge < -0.3 is 15.4 Å². The van der Waals surface area contributed by atoms with Crippen LogP contribution in [0.15, 0.2) is 24.4 Å². The smallest absolute Gasteiger partial charge is 0.227 e. The predicted molar refractivity (Wildman–Crippen MR) is 105 cm³/mol. The first-order valence-electron chi connectivity index (χ1n) is 9.77. The number of aromatic nitrogens is 1. The van der Waals surface area contributed by atoms with Crippen molar-refractivity contribution in [1.29, 1.82) is 0 Å². The normalized spacial score (nSPS) is 29.9. The third-order valence-corrected chi connectivity index (χ3v) is 5.64. The lowest BCUT2D eigenvalue weighted by Gasteiger charge is -2.37. The zero-order valence-corrected chi connectivity index (χ0v) is 16.1. The Morgan fingerprint density at radius 1 is 1.36 bits per heavy atom. The Balaban J connectivity index is 1.64. The zero-order valence-electron chi connectivity index (χ0n) is 16.1. The van der Waals surface area contributed by atoms with Gasteiger partial charge in [-0.25, -0.2) is 8.78 Å². The molecule has 2 aliphatic rings. The van der Waals surface area contributed by atoms with Gasteiger partial charge in [0.25, 0.3) is 0 Å². The molecule has 5 nitrogen and oxygen atoms in total. The van der Waals surface area contributed by atoms with Crippen molar-refractivity contribution in [2.75, 3.05) is 17.2 Å². The molecule has 2 heterocycles. The van der Waals surface area contributed by atoms with Gasteiger partial charge in [-0.1, -0.05) is 0 Å². The number of hydrogen-bond acceptors (Lipinski definition) is 4. The number of anilines is 2. The van der Waals surface area contributed by atoms with Crippen LogP contribution in [0.1, 0.15) is 39.5 Å². The highest BCUT2D eigenvalue weighted by Crippen LogP contribution is 2.42. The number of carbonyl (C=O) groups is 1. The third kappa shape index (κ3) is 3.94. The van der Waals surface area contributed by atoms with E-state index < -0.39 is 5.67 Å². The quantitative estimate of drug-likeness (QED) is 0.812. The Bertz CT molecular complexity index is 895. The second-order valence-electron chi connectivity index (χ2n) is 8.26. The minimum Gasteiger partial charge on any atom is -0.380 e. The summed E-state index contributed by atoms with van der Waals surface area (Å²) in [5, 5.41) is 6.96. The highest BCUT2D eigenvalue weighted by Gasteiger charge is 2.44. The standard InChI is InChI=1S/C21H25F2N3O2/c1-12-7-15(5-6-28-12)25-19-16-8-14(22)3-4-17(16)24-11-18(19)26-20(27)13-9-21(2,23)10-13/h3-4,8,11-13,15H,5-7,9-10H2,1-2H3,(H,24,25)(H,26,27)/t12-,13?,15-,21?/m1/s1. The van der Waals surface area contributed by atoms with E-state index in [-0.39, 0.29) is 42.6 Å². The Morgan fingerprint density at radius 3 is 2.86 bits per heavy atom. The van der Waals surface area contributed by atoms with Crippen LogP contribution in [0, 0.1) is 11.7 Å². The van der Waals surface area contributed by atoms with Gasteiger partial charge >= 0.3 is 0 Å². The molecule has 1 aromatic carbocycles. The van der Waals surface area contributed by atoms with Crippen LogP contribution in [0.5, 0.6) is 0 Å². The average molecular weight is 389 g/mol. The van der Waals surface area contributed by atoms with E-state index in [4.69, 9.17) is 4.74 Å². The Kier molecular flexibility index (Phi) is 4.95. The number of pyridine rings is 1. The second-order valence-corrected chi connectivity index (χ2v) is 8.26. The Labute approximate surface area is 162 Å². The molecular formula is C21H25F2N3O2. The molecule has 0 radical (unpaired) electrons. The molecule has 1 aromatic heterocycles. The number of ether oxygens (including phenoxy) is 1. The van der Waals surface area contributed by atoms with Crippen molar-refractivity contribution in [2.24, 2.45) is 5.92 Å². The summed E-state index contributed by atoms with van der Waals surface area (Å²) in [6.45, 7) is 4.18. The van der Waals surface area contributed by atoms with Crippen LogP contribution in [-0.2, 0) is 9.53 Å². The molecule has 0 bridgehead atoms. The molecular weight excluding hydrogens is 364 g/mol. The SMILES string of the molecule is C[C@@H]1C[C@H](Nc2c(NC(=O)C3CC(C)(F)C3)cnc3ccc(F)cc23)CCO1. The minimum absolute atomic E-state index is 0.131. The summed E-state index contributed by atoms with van der Waals surface area (Å²) in [7, 11) is 0. The number of hydrogen-bond donors (Lipinski definition) is 2. The molecule has 7 heteroatoms. The lowest BCUT2D eigenvalue weighted by atomic mass is 9.73. The summed E-state index contributed by atoms with van der Waals surface area (Å²) in [6, 6.07) is 4.55. The molecule has 150 valence electrons. The number of nitrogens with one attached hydrogen (secondary N) is 2. The minimum atomic E-state index is -1.27. The molecule has 28 heavy (non-hydrogen) atoms. The fourth-order valence-corrected chi connectivity index (χ4v) is 4.14. The fraction of sp³-hybridized carbons (Fsp3) is 0.524. The Morgan fingerprint density at radius 2 is 2.14 bits per heavy atom. The van der Waals surface area contributed by atoms with E-state index in [1.807, 2.05) is 6.92 Å². The van der Waals surface area contributed by atoms with Gasteiger partial charge in [-0.3, -0.25) is 9.78 Å². The maximum atomic E-state index is 13.9. The van der Waals surface area contributed by atoms with E-state index in [2.05, 4.69) is 15.6 Å². The predicted octanol–water partition coefficient (Wildman–Crippen LogP) is 4.43. The monoisotopic (exact) mass is 389 g/mol. The molecule has 1 amide bonds. The van der Waals surface area contributed by atoms with E-state index in [1.165, 1.54) is 19.1 Å². The van der Waals surface area contributed by atoms with Gasteiger partial charge in [-0.2, -0.15) is 0 Å². The molecule has 0 spiro atoms. The van der Waals surface area contributed by atoms with Crippen LogP contribution in [0.2, 0.25) is 0 Å². The number of nitrogens with zero attached hydrogens (tertiary/aromatic N) is 1. The van der Waals surface area contributed by atoms with Gasteiger partial charge in [-0.15, -0.1) is 0 Å². The maximum absolute atomic E-state index is 13.9. The molecule has 4 rings (SSSR count). The maximum Gasteiger partial charge on any atom is 0.227 e. The van der Waals surface area contributed by atoms with Crippen molar-refractivity contribution in [3.05, 3.63) is 30.2 Å². The second kappa shape index (κ2) is 7.28. The zero-order chi connectivity index (χ0) is 19.9. The number of alkyl halides is 1. The third-order valence-electron chi connectivity index (χ3n) is 5.64. The van der Waals surface area contributed by atoms with Gasteiger partial charge in [0.1, 0.15) is 11.5 Å². The summed E-state index contributed by atoms with van der Waals surface area (Å²) >= 11 is 0. The fourth-order valence-electron chi connectivity index (χ4n) is 4.14. The molecule has 0 unspecified atom stereocenters. The van der Waals surface area contributed by atoms with Crippen molar-refractivity contribution in [3.63, 3.8) is 0 Å². The number of halogens is 2. The van der Waals surface area contributed by atoms with Gasteiger partial charge in [0, 0.05) is 24.0 Å². The number of rotatable bonds is 4.